The van der Waals surface area contributed by atoms with Crippen LogP contribution in [0.5, 0.6) is 0 Å². The van der Waals surface area contributed by atoms with Gasteiger partial charge in [-0.3, -0.25) is 0 Å². The minimum Gasteiger partial charge on any atom is -0.0616 e. The zero-order valence-electron chi connectivity index (χ0n) is 24.3. The number of rotatable bonds is 2. The van der Waals surface area contributed by atoms with E-state index in [1.807, 2.05) is 0 Å². The molecule has 200 valence electrons. The summed E-state index contributed by atoms with van der Waals surface area (Å²) in [5.41, 5.74) is 6.58. The van der Waals surface area contributed by atoms with Crippen LogP contribution < -0.4 is 0 Å². The van der Waals surface area contributed by atoms with E-state index in [9.17, 15) is 0 Å². The number of fused-ring (bicyclic) bond motifs is 6. The smallest absolute Gasteiger partial charge is 0.00200 e. The molecule has 0 unspecified atom stereocenters. The molecule has 0 fully saturated rings. The van der Waals surface area contributed by atoms with Gasteiger partial charge in [0.05, 0.1) is 0 Å². The van der Waals surface area contributed by atoms with E-state index in [0.29, 0.717) is 0 Å². The maximum Gasteiger partial charge on any atom is -0.00200 e. The predicted octanol–water partition coefficient (Wildman–Crippen LogP) is 12.1. The van der Waals surface area contributed by atoms with Gasteiger partial charge in [0.1, 0.15) is 0 Å². The van der Waals surface area contributed by atoms with E-state index in [0.717, 1.165) is 0 Å². The summed E-state index contributed by atoms with van der Waals surface area (Å²) in [6, 6.07) is 51.8. The molecule has 8 aromatic rings. The molecule has 0 spiro atoms. The van der Waals surface area contributed by atoms with Gasteiger partial charge in [-0.25, -0.2) is 0 Å². The number of hydrogen-bond acceptors (Lipinski definition) is 0. The van der Waals surface area contributed by atoms with Gasteiger partial charge in [-0.15, -0.1) is 0 Å². The van der Waals surface area contributed by atoms with Gasteiger partial charge in [0.25, 0.3) is 0 Å². The van der Waals surface area contributed by atoms with E-state index in [1.54, 1.807) is 0 Å². The van der Waals surface area contributed by atoms with Crippen LogP contribution in [0.1, 0.15) is 26.3 Å². The van der Waals surface area contributed by atoms with Crippen molar-refractivity contribution in [3.8, 4) is 22.3 Å². The average molecular weight is 537 g/mol. The van der Waals surface area contributed by atoms with Gasteiger partial charge in [0.15, 0.2) is 0 Å². The van der Waals surface area contributed by atoms with E-state index in [1.165, 1.54) is 81.7 Å². The van der Waals surface area contributed by atoms with Gasteiger partial charge < -0.3 is 0 Å². The van der Waals surface area contributed by atoms with Crippen molar-refractivity contribution < 1.29 is 0 Å². The first-order valence-electron chi connectivity index (χ1n) is 14.9. The fourth-order valence-corrected chi connectivity index (χ4v) is 6.93. The molecule has 0 N–H and O–H groups in total. The number of hydrogen-bond donors (Lipinski definition) is 0. The second kappa shape index (κ2) is 9.29. The molecular weight excluding hydrogens is 504 g/mol. The van der Waals surface area contributed by atoms with Crippen LogP contribution in [0.15, 0.2) is 140 Å². The summed E-state index contributed by atoms with van der Waals surface area (Å²) in [4.78, 5) is 0. The van der Waals surface area contributed by atoms with Crippen molar-refractivity contribution in [2.45, 2.75) is 26.2 Å². The first-order chi connectivity index (χ1) is 20.5. The maximum absolute atomic E-state index is 2.46. The Morgan fingerprint density at radius 3 is 1.52 bits per heavy atom. The molecule has 0 bridgehead atoms. The second-order valence-corrected chi connectivity index (χ2v) is 12.5. The molecule has 0 saturated heterocycles. The maximum atomic E-state index is 2.46. The van der Waals surface area contributed by atoms with Gasteiger partial charge in [0.2, 0.25) is 0 Å². The Morgan fingerprint density at radius 1 is 0.333 bits per heavy atom. The molecular formula is C42H32. The zero-order chi connectivity index (χ0) is 28.4. The van der Waals surface area contributed by atoms with Crippen molar-refractivity contribution in [2.75, 3.05) is 0 Å². The van der Waals surface area contributed by atoms with Gasteiger partial charge in [0, 0.05) is 0 Å². The molecule has 0 aliphatic carbocycles. The summed E-state index contributed by atoms with van der Waals surface area (Å²) >= 11 is 0. The van der Waals surface area contributed by atoms with Crippen LogP contribution >= 0.6 is 0 Å². The van der Waals surface area contributed by atoms with Crippen molar-refractivity contribution in [3.63, 3.8) is 0 Å². The Labute approximate surface area is 246 Å². The van der Waals surface area contributed by atoms with Crippen molar-refractivity contribution in [1.82, 2.24) is 0 Å². The summed E-state index contributed by atoms with van der Waals surface area (Å²) in [7, 11) is 0. The Bertz CT molecular complexity index is 2320. The molecule has 0 nitrogen and oxygen atoms in total. The summed E-state index contributed by atoms with van der Waals surface area (Å²) < 4.78 is 0. The lowest BCUT2D eigenvalue weighted by atomic mass is 9.80. The monoisotopic (exact) mass is 536 g/mol. The van der Waals surface area contributed by atoms with Gasteiger partial charge in [-0.05, 0) is 93.2 Å². The van der Waals surface area contributed by atoms with Crippen molar-refractivity contribution in [1.29, 1.82) is 0 Å². The van der Waals surface area contributed by atoms with Gasteiger partial charge in [-0.1, -0.05) is 154 Å². The quantitative estimate of drug-likeness (QED) is 0.152. The summed E-state index contributed by atoms with van der Waals surface area (Å²) in [6.07, 6.45) is 0. The zero-order valence-corrected chi connectivity index (χ0v) is 24.3. The van der Waals surface area contributed by atoms with E-state index in [4.69, 9.17) is 0 Å². The Balaban J connectivity index is 1.58. The molecule has 8 aromatic carbocycles. The first kappa shape index (κ1) is 24.8. The number of benzene rings is 8. The lowest BCUT2D eigenvalue weighted by Crippen LogP contribution is -2.10. The highest BCUT2D eigenvalue weighted by molar-refractivity contribution is 6.26. The molecule has 0 atom stereocenters. The molecule has 0 amide bonds. The fourth-order valence-electron chi connectivity index (χ4n) is 6.93. The standard InChI is InChI=1S/C42H32/c1-42(2,3)29-23-25-38-39(26-29)41(35-21-11-19-32-30-15-6-5-13-28(30)22-24-33(32)35)37-18-9-8-17-36(37)40(38)34-20-10-14-27-12-4-7-16-31(27)34/h4-26H,1-3H3. The van der Waals surface area contributed by atoms with E-state index in [-0.39, 0.29) is 5.41 Å². The first-order valence-corrected chi connectivity index (χ1v) is 14.9. The fraction of sp³-hybridized carbons (Fsp3) is 0.0952. The third kappa shape index (κ3) is 3.76. The molecule has 0 radical (unpaired) electrons. The summed E-state index contributed by atoms with van der Waals surface area (Å²) in [6.45, 7) is 6.93. The molecule has 0 heterocycles. The summed E-state index contributed by atoms with van der Waals surface area (Å²) in [5, 5.41) is 12.9. The predicted molar refractivity (Wildman–Crippen MR) is 184 cm³/mol. The highest BCUT2D eigenvalue weighted by atomic mass is 14.2. The van der Waals surface area contributed by atoms with Crippen molar-refractivity contribution >= 4 is 53.9 Å². The van der Waals surface area contributed by atoms with E-state index in [2.05, 4.69) is 160 Å². The molecule has 0 aromatic heterocycles. The van der Waals surface area contributed by atoms with Gasteiger partial charge in [-0.2, -0.15) is 0 Å². The molecule has 0 aliphatic rings. The third-order valence-electron chi connectivity index (χ3n) is 9.00. The highest BCUT2D eigenvalue weighted by Gasteiger charge is 2.22. The van der Waals surface area contributed by atoms with Crippen molar-refractivity contribution in [3.05, 3.63) is 145 Å². The van der Waals surface area contributed by atoms with Crippen LogP contribution in [0.2, 0.25) is 0 Å². The average Bonchev–Trinajstić information content (AvgIpc) is 3.02. The van der Waals surface area contributed by atoms with Crippen LogP contribution in [-0.4, -0.2) is 0 Å². The van der Waals surface area contributed by atoms with Crippen molar-refractivity contribution in [2.24, 2.45) is 0 Å². The second-order valence-electron chi connectivity index (χ2n) is 12.5. The van der Waals surface area contributed by atoms with Crippen LogP contribution in [0, 0.1) is 0 Å². The van der Waals surface area contributed by atoms with Crippen LogP contribution in [0.4, 0.5) is 0 Å². The normalized spacial score (nSPS) is 12.2. The SMILES string of the molecule is CC(C)(C)c1ccc2c(-c3cccc4ccccc34)c3ccccc3c(-c3cccc4c3ccc3ccccc34)c2c1. The molecule has 0 saturated carbocycles. The van der Waals surface area contributed by atoms with Crippen LogP contribution in [0.25, 0.3) is 76.1 Å². The molecule has 42 heavy (non-hydrogen) atoms. The summed E-state index contributed by atoms with van der Waals surface area (Å²) in [5.74, 6) is 0. The molecule has 8 rings (SSSR count). The Hall–Kier alpha value is -4.94. The van der Waals surface area contributed by atoms with Crippen LogP contribution in [-0.2, 0) is 5.41 Å². The minimum atomic E-state index is 0.0334. The van der Waals surface area contributed by atoms with E-state index >= 15 is 0 Å². The highest BCUT2D eigenvalue weighted by Crippen LogP contribution is 2.47. The topological polar surface area (TPSA) is 0 Å². The molecule has 0 heteroatoms. The Morgan fingerprint density at radius 2 is 0.810 bits per heavy atom. The lowest BCUT2D eigenvalue weighted by molar-refractivity contribution is 0.591. The lowest BCUT2D eigenvalue weighted by Gasteiger charge is -2.24. The Kier molecular flexibility index (Phi) is 5.49. The van der Waals surface area contributed by atoms with E-state index < -0.39 is 0 Å². The van der Waals surface area contributed by atoms with Gasteiger partial charge >= 0.3 is 0 Å². The van der Waals surface area contributed by atoms with Crippen LogP contribution in [0.3, 0.4) is 0 Å². The minimum absolute atomic E-state index is 0.0334. The molecule has 0 aliphatic heterocycles. The third-order valence-corrected chi connectivity index (χ3v) is 9.00. The largest absolute Gasteiger partial charge is 0.0616 e.